The molecule has 1 aromatic carbocycles. The maximum atomic E-state index is 5.83. The van der Waals surface area contributed by atoms with Gasteiger partial charge in [0.2, 0.25) is 0 Å². The number of aromatic amines is 1. The van der Waals surface area contributed by atoms with Crippen LogP contribution in [0.2, 0.25) is 0 Å². The van der Waals surface area contributed by atoms with Gasteiger partial charge in [-0.25, -0.2) is 0 Å². The van der Waals surface area contributed by atoms with E-state index in [0.717, 1.165) is 12.8 Å². The van der Waals surface area contributed by atoms with Crippen molar-refractivity contribution >= 4 is 10.9 Å². The Kier molecular flexibility index (Phi) is 2.67. The first-order chi connectivity index (χ1) is 8.24. The largest absolute Gasteiger partial charge is 0.361 e. The van der Waals surface area contributed by atoms with Gasteiger partial charge in [-0.1, -0.05) is 0 Å². The predicted octanol–water partition coefficient (Wildman–Crippen LogP) is 2.94. The van der Waals surface area contributed by atoms with Gasteiger partial charge >= 0.3 is 0 Å². The summed E-state index contributed by atoms with van der Waals surface area (Å²) in [5, 5.41) is 1.41. The van der Waals surface area contributed by atoms with E-state index in [4.69, 9.17) is 5.73 Å². The number of aromatic nitrogens is 1. The third kappa shape index (κ3) is 1.98. The van der Waals surface area contributed by atoms with Crippen LogP contribution in [0.4, 0.5) is 0 Å². The van der Waals surface area contributed by atoms with Gasteiger partial charge in [0.05, 0.1) is 0 Å². The first-order valence-electron chi connectivity index (χ1n) is 6.61. The Morgan fingerprint density at radius 3 is 2.82 bits per heavy atom. The topological polar surface area (TPSA) is 41.8 Å². The molecule has 2 aromatic rings. The molecule has 1 aromatic heterocycles. The fraction of sp³-hybridized carbons (Fsp3) is 0.467. The molecule has 1 unspecified atom stereocenters. The summed E-state index contributed by atoms with van der Waals surface area (Å²) in [6.45, 7) is 2.08. The van der Waals surface area contributed by atoms with Gasteiger partial charge in [-0.15, -0.1) is 0 Å². The third-order valence-electron chi connectivity index (χ3n) is 3.85. The van der Waals surface area contributed by atoms with Crippen molar-refractivity contribution in [3.05, 3.63) is 35.0 Å². The van der Waals surface area contributed by atoms with Crippen molar-refractivity contribution < 1.29 is 0 Å². The molecular formula is C15H20N2. The molecule has 0 fully saturated rings. The van der Waals surface area contributed by atoms with Crippen LogP contribution in [0.3, 0.4) is 0 Å². The van der Waals surface area contributed by atoms with Crippen molar-refractivity contribution in [2.45, 2.75) is 45.1 Å². The Labute approximate surface area is 102 Å². The van der Waals surface area contributed by atoms with Crippen molar-refractivity contribution in [2.24, 2.45) is 5.73 Å². The van der Waals surface area contributed by atoms with E-state index in [1.54, 1.807) is 5.56 Å². The van der Waals surface area contributed by atoms with Crippen LogP contribution in [-0.2, 0) is 19.3 Å². The van der Waals surface area contributed by atoms with Crippen LogP contribution in [0.15, 0.2) is 18.3 Å². The number of fused-ring (bicyclic) bond motifs is 2. The second-order valence-electron chi connectivity index (χ2n) is 5.35. The maximum Gasteiger partial charge on any atom is 0.0459 e. The molecule has 3 N–H and O–H groups in total. The number of benzene rings is 1. The van der Waals surface area contributed by atoms with E-state index in [2.05, 4.69) is 30.2 Å². The zero-order valence-electron chi connectivity index (χ0n) is 10.4. The lowest BCUT2D eigenvalue weighted by molar-refractivity contribution is 0.668. The second-order valence-corrected chi connectivity index (χ2v) is 5.35. The summed E-state index contributed by atoms with van der Waals surface area (Å²) >= 11 is 0. The smallest absolute Gasteiger partial charge is 0.0459 e. The lowest BCUT2D eigenvalue weighted by atomic mass is 10.0. The molecule has 1 aliphatic rings. The molecule has 1 atom stereocenters. The van der Waals surface area contributed by atoms with Crippen molar-refractivity contribution in [2.75, 3.05) is 0 Å². The predicted molar refractivity (Wildman–Crippen MR) is 72.3 cm³/mol. The number of hydrogen-bond acceptors (Lipinski definition) is 1. The number of aryl methyl sites for hydroxylation is 3. The van der Waals surface area contributed by atoms with E-state index in [0.29, 0.717) is 0 Å². The van der Waals surface area contributed by atoms with Crippen molar-refractivity contribution in [3.8, 4) is 0 Å². The van der Waals surface area contributed by atoms with Crippen LogP contribution in [0.5, 0.6) is 0 Å². The summed E-state index contributed by atoms with van der Waals surface area (Å²) in [6.07, 6.45) is 8.11. The summed E-state index contributed by atoms with van der Waals surface area (Å²) in [4.78, 5) is 3.40. The monoisotopic (exact) mass is 228 g/mol. The van der Waals surface area contributed by atoms with Gasteiger partial charge in [-0.3, -0.25) is 0 Å². The van der Waals surface area contributed by atoms with Gasteiger partial charge in [0, 0.05) is 23.1 Å². The van der Waals surface area contributed by atoms with E-state index in [1.165, 1.54) is 41.3 Å². The van der Waals surface area contributed by atoms with Gasteiger partial charge in [0.1, 0.15) is 0 Å². The number of nitrogens with one attached hydrogen (secondary N) is 1. The Morgan fingerprint density at radius 1 is 1.29 bits per heavy atom. The molecule has 3 rings (SSSR count). The van der Waals surface area contributed by atoms with Crippen LogP contribution in [0, 0.1) is 0 Å². The van der Waals surface area contributed by atoms with E-state index in [9.17, 15) is 0 Å². The fourth-order valence-corrected chi connectivity index (χ4v) is 2.84. The minimum Gasteiger partial charge on any atom is -0.361 e. The normalized spacial score (nSPS) is 16.4. The van der Waals surface area contributed by atoms with Crippen molar-refractivity contribution in [1.82, 2.24) is 4.98 Å². The minimum atomic E-state index is 0.286. The van der Waals surface area contributed by atoms with Crippen LogP contribution >= 0.6 is 0 Å². The summed E-state index contributed by atoms with van der Waals surface area (Å²) in [6, 6.07) is 5.02. The molecular weight excluding hydrogens is 208 g/mol. The first-order valence-corrected chi connectivity index (χ1v) is 6.61. The number of rotatable bonds is 3. The summed E-state index contributed by atoms with van der Waals surface area (Å²) in [5.74, 6) is 0. The molecule has 0 saturated heterocycles. The maximum absolute atomic E-state index is 5.83. The highest BCUT2D eigenvalue weighted by Gasteiger charge is 2.14. The molecule has 0 bridgehead atoms. The molecule has 17 heavy (non-hydrogen) atoms. The Balaban J connectivity index is 1.97. The zero-order chi connectivity index (χ0) is 11.8. The zero-order valence-corrected chi connectivity index (χ0v) is 10.4. The third-order valence-corrected chi connectivity index (χ3v) is 3.85. The highest BCUT2D eigenvalue weighted by atomic mass is 14.7. The van der Waals surface area contributed by atoms with Gasteiger partial charge in [0.25, 0.3) is 0 Å². The lowest BCUT2D eigenvalue weighted by Gasteiger charge is -2.05. The van der Waals surface area contributed by atoms with Gasteiger partial charge in [0.15, 0.2) is 0 Å². The van der Waals surface area contributed by atoms with Crippen molar-refractivity contribution in [1.29, 1.82) is 0 Å². The lowest BCUT2D eigenvalue weighted by Crippen LogP contribution is -2.15. The molecule has 2 nitrogen and oxygen atoms in total. The first kappa shape index (κ1) is 10.8. The van der Waals surface area contributed by atoms with E-state index < -0.39 is 0 Å². The van der Waals surface area contributed by atoms with E-state index in [1.807, 2.05) is 0 Å². The van der Waals surface area contributed by atoms with E-state index in [-0.39, 0.29) is 6.04 Å². The average molecular weight is 228 g/mol. The molecule has 0 spiro atoms. The highest BCUT2D eigenvalue weighted by Crippen LogP contribution is 2.29. The number of hydrogen-bond donors (Lipinski definition) is 2. The molecule has 0 radical (unpaired) electrons. The molecule has 0 saturated carbocycles. The van der Waals surface area contributed by atoms with Crippen LogP contribution in [-0.4, -0.2) is 11.0 Å². The van der Waals surface area contributed by atoms with Gasteiger partial charge < -0.3 is 10.7 Å². The molecule has 0 amide bonds. The van der Waals surface area contributed by atoms with Crippen LogP contribution < -0.4 is 5.73 Å². The summed E-state index contributed by atoms with van der Waals surface area (Å²) in [7, 11) is 0. The number of nitrogens with two attached hydrogens (primary N) is 1. The van der Waals surface area contributed by atoms with Gasteiger partial charge in [-0.05, 0) is 67.9 Å². The standard InChI is InChI=1S/C15H20N2/c1-10(16)5-6-13-9-17-15-8-12-4-2-3-11(12)7-14(13)15/h7-10,17H,2-6,16H2,1H3. The SMILES string of the molecule is CC(N)CCc1c[nH]c2cc3c(cc12)CCC3. The summed E-state index contributed by atoms with van der Waals surface area (Å²) < 4.78 is 0. The summed E-state index contributed by atoms with van der Waals surface area (Å²) in [5.41, 5.74) is 11.6. The molecule has 1 aliphatic carbocycles. The number of H-pyrrole nitrogens is 1. The Morgan fingerprint density at radius 2 is 2.06 bits per heavy atom. The molecule has 1 heterocycles. The molecule has 2 heteroatoms. The minimum absolute atomic E-state index is 0.286. The van der Waals surface area contributed by atoms with Crippen LogP contribution in [0.25, 0.3) is 10.9 Å². The second kappa shape index (κ2) is 4.19. The van der Waals surface area contributed by atoms with Crippen molar-refractivity contribution in [3.63, 3.8) is 0 Å². The molecule has 0 aliphatic heterocycles. The Bertz CT molecular complexity index is 537. The fourth-order valence-electron chi connectivity index (χ4n) is 2.84. The quantitative estimate of drug-likeness (QED) is 0.833. The van der Waals surface area contributed by atoms with Crippen LogP contribution in [0.1, 0.15) is 36.5 Å². The Hall–Kier alpha value is -1.28. The average Bonchev–Trinajstić information content (AvgIpc) is 2.88. The highest BCUT2D eigenvalue weighted by molar-refractivity contribution is 5.85. The van der Waals surface area contributed by atoms with E-state index >= 15 is 0 Å². The molecule has 90 valence electrons. The van der Waals surface area contributed by atoms with Gasteiger partial charge in [-0.2, -0.15) is 0 Å².